The third-order valence-electron chi connectivity index (χ3n) is 1.65. The van der Waals surface area contributed by atoms with E-state index in [1.165, 1.54) is 6.33 Å². The summed E-state index contributed by atoms with van der Waals surface area (Å²) < 4.78 is 0. The lowest BCUT2D eigenvalue weighted by Crippen LogP contribution is -2.27. The van der Waals surface area contributed by atoms with Gasteiger partial charge in [0.1, 0.15) is 6.33 Å². The summed E-state index contributed by atoms with van der Waals surface area (Å²) >= 11 is 5.58. The van der Waals surface area contributed by atoms with E-state index in [0.717, 1.165) is 13.0 Å². The molecule has 5 nitrogen and oxygen atoms in total. The van der Waals surface area contributed by atoms with Gasteiger partial charge in [-0.1, -0.05) is 0 Å². The Hall–Kier alpha value is -1.10. The molecule has 0 unspecified atom stereocenters. The second kappa shape index (κ2) is 5.84. The molecule has 0 aliphatic rings. The minimum absolute atomic E-state index is 0.0608. The van der Waals surface area contributed by atoms with Crippen molar-refractivity contribution in [3.05, 3.63) is 6.33 Å². The van der Waals surface area contributed by atoms with E-state index in [1.807, 2.05) is 0 Å². The number of alkyl halides is 1. The van der Waals surface area contributed by atoms with Crippen molar-refractivity contribution in [1.29, 1.82) is 0 Å². The van der Waals surface area contributed by atoms with Crippen LogP contribution in [-0.4, -0.2) is 32.9 Å². The number of rotatable bonds is 5. The van der Waals surface area contributed by atoms with Crippen molar-refractivity contribution in [1.82, 2.24) is 15.0 Å². The highest BCUT2D eigenvalue weighted by Gasteiger charge is 2.11. The first-order valence-electron chi connectivity index (χ1n) is 5.28. The Morgan fingerprint density at radius 2 is 1.94 bits per heavy atom. The van der Waals surface area contributed by atoms with Crippen LogP contribution in [0.3, 0.4) is 0 Å². The standard InChI is InChI=1S/C10H18ClN5/c1-10(2,3)16-9-14-7-13-8(15-9)12-6-4-5-11/h7H,4-6H2,1-3H3,(H2,12,13,14,15,16). The molecule has 1 aromatic heterocycles. The van der Waals surface area contributed by atoms with Crippen LogP contribution in [0.1, 0.15) is 27.2 Å². The second-order valence-corrected chi connectivity index (χ2v) is 4.85. The molecule has 0 amide bonds. The lowest BCUT2D eigenvalue weighted by atomic mass is 10.1. The van der Waals surface area contributed by atoms with Gasteiger partial charge in [0.2, 0.25) is 11.9 Å². The fourth-order valence-corrected chi connectivity index (χ4v) is 1.18. The molecule has 0 radical (unpaired) electrons. The zero-order valence-corrected chi connectivity index (χ0v) is 10.7. The molecule has 0 aliphatic carbocycles. The number of aromatic nitrogens is 3. The summed E-state index contributed by atoms with van der Waals surface area (Å²) in [5.41, 5.74) is -0.0608. The van der Waals surface area contributed by atoms with Gasteiger partial charge in [-0.2, -0.15) is 4.98 Å². The minimum atomic E-state index is -0.0608. The number of nitrogens with zero attached hydrogens (tertiary/aromatic N) is 3. The first-order valence-corrected chi connectivity index (χ1v) is 5.82. The Morgan fingerprint density at radius 1 is 1.25 bits per heavy atom. The molecular formula is C10H18ClN5. The van der Waals surface area contributed by atoms with Gasteiger partial charge >= 0.3 is 0 Å². The van der Waals surface area contributed by atoms with Crippen LogP contribution in [0.2, 0.25) is 0 Å². The number of hydrogen-bond acceptors (Lipinski definition) is 5. The first kappa shape index (κ1) is 13.0. The van der Waals surface area contributed by atoms with Crippen LogP contribution in [0.15, 0.2) is 6.33 Å². The quantitative estimate of drug-likeness (QED) is 0.613. The van der Waals surface area contributed by atoms with E-state index in [9.17, 15) is 0 Å². The van der Waals surface area contributed by atoms with Crippen molar-refractivity contribution >= 4 is 23.5 Å². The summed E-state index contributed by atoms with van der Waals surface area (Å²) in [6.45, 7) is 6.93. The van der Waals surface area contributed by atoms with Gasteiger partial charge in [0.15, 0.2) is 0 Å². The first-order chi connectivity index (χ1) is 7.51. The van der Waals surface area contributed by atoms with E-state index in [0.29, 0.717) is 17.8 Å². The van der Waals surface area contributed by atoms with Gasteiger partial charge in [-0.15, -0.1) is 11.6 Å². The van der Waals surface area contributed by atoms with Gasteiger partial charge in [-0.3, -0.25) is 0 Å². The van der Waals surface area contributed by atoms with Crippen molar-refractivity contribution in [2.45, 2.75) is 32.7 Å². The van der Waals surface area contributed by atoms with Gasteiger partial charge < -0.3 is 10.6 Å². The molecule has 1 aromatic rings. The molecule has 2 N–H and O–H groups in total. The van der Waals surface area contributed by atoms with E-state index in [4.69, 9.17) is 11.6 Å². The van der Waals surface area contributed by atoms with Crippen molar-refractivity contribution in [2.75, 3.05) is 23.1 Å². The number of halogens is 1. The summed E-state index contributed by atoms with van der Waals surface area (Å²) in [5.74, 6) is 1.79. The van der Waals surface area contributed by atoms with Gasteiger partial charge in [0.05, 0.1) is 0 Å². The zero-order valence-electron chi connectivity index (χ0n) is 9.92. The molecule has 0 saturated carbocycles. The highest BCUT2D eigenvalue weighted by molar-refractivity contribution is 6.17. The third kappa shape index (κ3) is 5.11. The Labute approximate surface area is 101 Å². The predicted octanol–water partition coefficient (Wildman–Crippen LogP) is 2.12. The predicted molar refractivity (Wildman–Crippen MR) is 67.0 cm³/mol. The fourth-order valence-electron chi connectivity index (χ4n) is 1.04. The fraction of sp³-hybridized carbons (Fsp3) is 0.700. The molecule has 6 heteroatoms. The lowest BCUT2D eigenvalue weighted by Gasteiger charge is -2.20. The van der Waals surface area contributed by atoms with Crippen molar-refractivity contribution < 1.29 is 0 Å². The lowest BCUT2D eigenvalue weighted by molar-refractivity contribution is 0.625. The van der Waals surface area contributed by atoms with Gasteiger partial charge in [0.25, 0.3) is 0 Å². The number of hydrogen-bond donors (Lipinski definition) is 2. The van der Waals surface area contributed by atoms with E-state index in [-0.39, 0.29) is 5.54 Å². The molecule has 0 aliphatic heterocycles. The van der Waals surface area contributed by atoms with Crippen LogP contribution >= 0.6 is 11.6 Å². The smallest absolute Gasteiger partial charge is 0.227 e. The summed E-state index contributed by atoms with van der Waals surface area (Å²) in [6, 6.07) is 0. The molecule has 0 fully saturated rings. The van der Waals surface area contributed by atoms with Crippen molar-refractivity contribution in [2.24, 2.45) is 0 Å². The van der Waals surface area contributed by atoms with E-state index >= 15 is 0 Å². The van der Waals surface area contributed by atoms with Gasteiger partial charge in [-0.05, 0) is 27.2 Å². The van der Waals surface area contributed by atoms with Crippen LogP contribution in [-0.2, 0) is 0 Å². The van der Waals surface area contributed by atoms with E-state index in [1.54, 1.807) is 0 Å². The molecule has 1 heterocycles. The molecule has 0 spiro atoms. The van der Waals surface area contributed by atoms with Crippen molar-refractivity contribution in [3.63, 3.8) is 0 Å². The van der Waals surface area contributed by atoms with E-state index < -0.39 is 0 Å². The SMILES string of the molecule is CC(C)(C)Nc1ncnc(NCCCCl)n1. The molecule has 0 aromatic carbocycles. The molecule has 1 rings (SSSR count). The molecular weight excluding hydrogens is 226 g/mol. The molecule has 0 atom stereocenters. The van der Waals surface area contributed by atoms with Crippen molar-refractivity contribution in [3.8, 4) is 0 Å². The van der Waals surface area contributed by atoms with Crippen LogP contribution in [0.5, 0.6) is 0 Å². The van der Waals surface area contributed by atoms with E-state index in [2.05, 4.69) is 46.4 Å². The summed E-state index contributed by atoms with van der Waals surface area (Å²) in [5, 5.41) is 6.27. The molecule has 16 heavy (non-hydrogen) atoms. The zero-order chi connectivity index (χ0) is 12.0. The highest BCUT2D eigenvalue weighted by atomic mass is 35.5. The molecule has 90 valence electrons. The molecule has 0 bridgehead atoms. The van der Waals surface area contributed by atoms with Crippen LogP contribution in [0, 0.1) is 0 Å². The van der Waals surface area contributed by atoms with Crippen LogP contribution in [0.4, 0.5) is 11.9 Å². The minimum Gasteiger partial charge on any atom is -0.354 e. The Bertz CT molecular complexity index is 323. The Morgan fingerprint density at radius 3 is 2.56 bits per heavy atom. The van der Waals surface area contributed by atoms with Crippen LogP contribution < -0.4 is 10.6 Å². The van der Waals surface area contributed by atoms with Crippen LogP contribution in [0.25, 0.3) is 0 Å². The monoisotopic (exact) mass is 243 g/mol. The Balaban J connectivity index is 2.57. The number of nitrogens with one attached hydrogen (secondary N) is 2. The maximum Gasteiger partial charge on any atom is 0.227 e. The normalized spacial score (nSPS) is 11.2. The summed E-state index contributed by atoms with van der Waals surface area (Å²) in [6.07, 6.45) is 2.37. The average Bonchev–Trinajstić information content (AvgIpc) is 2.16. The van der Waals surface area contributed by atoms with Gasteiger partial charge in [0, 0.05) is 18.0 Å². The molecule has 0 saturated heterocycles. The maximum absolute atomic E-state index is 5.58. The topological polar surface area (TPSA) is 62.7 Å². The summed E-state index contributed by atoms with van der Waals surface area (Å²) in [4.78, 5) is 12.3. The maximum atomic E-state index is 5.58. The second-order valence-electron chi connectivity index (χ2n) is 4.48. The average molecular weight is 244 g/mol. The largest absolute Gasteiger partial charge is 0.354 e. The third-order valence-corrected chi connectivity index (χ3v) is 1.92. The highest BCUT2D eigenvalue weighted by Crippen LogP contribution is 2.09. The number of anilines is 2. The van der Waals surface area contributed by atoms with Gasteiger partial charge in [-0.25, -0.2) is 9.97 Å². The Kier molecular flexibility index (Phi) is 4.73. The summed E-state index contributed by atoms with van der Waals surface area (Å²) in [7, 11) is 0.